The van der Waals surface area contributed by atoms with Crippen molar-refractivity contribution in [3.8, 4) is 17.2 Å². The van der Waals surface area contributed by atoms with Crippen LogP contribution in [0.15, 0.2) is 70.9 Å². The average Bonchev–Trinajstić information content (AvgIpc) is 3.53. The Labute approximate surface area is 240 Å². The van der Waals surface area contributed by atoms with Crippen LogP contribution in [0.3, 0.4) is 0 Å². The van der Waals surface area contributed by atoms with E-state index in [1.165, 1.54) is 7.11 Å². The molecule has 1 aliphatic heterocycles. The highest BCUT2D eigenvalue weighted by Crippen LogP contribution is 2.42. The molecule has 41 heavy (non-hydrogen) atoms. The van der Waals surface area contributed by atoms with Gasteiger partial charge in [-0.15, -0.1) is 0 Å². The Bertz CT molecular complexity index is 1440. The highest BCUT2D eigenvalue weighted by Gasteiger charge is 2.44. The molecule has 2 aromatic carbocycles. The zero-order valence-electron chi connectivity index (χ0n) is 24.1. The molecular formula is C32H38N2O7. The van der Waals surface area contributed by atoms with E-state index in [0.717, 1.165) is 19.6 Å². The number of carbonyl (C=O) groups is 2. The van der Waals surface area contributed by atoms with E-state index in [1.54, 1.807) is 53.4 Å². The number of para-hydroxylation sites is 1. The predicted octanol–water partition coefficient (Wildman–Crippen LogP) is 5.72. The smallest absolute Gasteiger partial charge is 0.290 e. The second-order valence-electron chi connectivity index (χ2n) is 9.60. The summed E-state index contributed by atoms with van der Waals surface area (Å²) in [5, 5.41) is 11.8. The second-order valence-corrected chi connectivity index (χ2v) is 9.60. The summed E-state index contributed by atoms with van der Waals surface area (Å²) >= 11 is 0. The van der Waals surface area contributed by atoms with E-state index in [0.29, 0.717) is 60.0 Å². The lowest BCUT2D eigenvalue weighted by atomic mass is 9.94. The monoisotopic (exact) mass is 562 g/mol. The first-order valence-electron chi connectivity index (χ1n) is 14.0. The van der Waals surface area contributed by atoms with E-state index in [9.17, 15) is 14.7 Å². The van der Waals surface area contributed by atoms with Gasteiger partial charge in [0.25, 0.3) is 5.91 Å². The van der Waals surface area contributed by atoms with Gasteiger partial charge in [0.05, 0.1) is 25.3 Å². The average molecular weight is 563 g/mol. The van der Waals surface area contributed by atoms with Gasteiger partial charge < -0.3 is 33.5 Å². The first kappa shape index (κ1) is 29.7. The Balaban J connectivity index is 1.77. The maximum Gasteiger partial charge on any atom is 0.290 e. The molecule has 1 N–H and O–H groups in total. The van der Waals surface area contributed by atoms with Crippen molar-refractivity contribution in [3.63, 3.8) is 0 Å². The Kier molecular flexibility index (Phi) is 9.73. The molecule has 9 heteroatoms. The van der Waals surface area contributed by atoms with Crippen LogP contribution in [0.5, 0.6) is 17.2 Å². The number of rotatable bonds is 15. The standard InChI is InChI=1S/C32H38N2O7/c1-6-18-40-23-15-14-21(19-25(23)39-9-4)28-27(30(36)32(37)34(28)17-11-16-33(7-2)8-3)29(35)26-20-22-12-10-13-24(38-5)31(22)41-26/h6,10,12-15,19-20,28,36H,1,7-9,11,16-18H2,2-5H3. The summed E-state index contributed by atoms with van der Waals surface area (Å²) < 4.78 is 22.9. The molecule has 1 unspecified atom stereocenters. The van der Waals surface area contributed by atoms with Crippen LogP contribution in [0.25, 0.3) is 11.0 Å². The van der Waals surface area contributed by atoms with Crippen LogP contribution in [-0.2, 0) is 4.79 Å². The molecule has 0 saturated carbocycles. The molecule has 0 bridgehead atoms. The van der Waals surface area contributed by atoms with Crippen molar-refractivity contribution in [2.24, 2.45) is 0 Å². The van der Waals surface area contributed by atoms with E-state index < -0.39 is 23.5 Å². The summed E-state index contributed by atoms with van der Waals surface area (Å²) in [6.45, 7) is 13.3. The molecule has 218 valence electrons. The number of aliphatic hydroxyl groups excluding tert-OH is 1. The summed E-state index contributed by atoms with van der Waals surface area (Å²) in [6.07, 6.45) is 2.30. The number of nitrogens with zero attached hydrogens (tertiary/aromatic N) is 2. The van der Waals surface area contributed by atoms with E-state index >= 15 is 0 Å². The van der Waals surface area contributed by atoms with Gasteiger partial charge in [-0.25, -0.2) is 0 Å². The van der Waals surface area contributed by atoms with Crippen LogP contribution < -0.4 is 14.2 Å². The van der Waals surface area contributed by atoms with Crippen LogP contribution in [0.1, 0.15) is 49.4 Å². The third kappa shape index (κ3) is 6.10. The van der Waals surface area contributed by atoms with Crippen LogP contribution in [-0.4, -0.2) is 73.1 Å². The summed E-state index contributed by atoms with van der Waals surface area (Å²) in [5.41, 5.74) is 0.979. The number of ether oxygens (including phenoxy) is 3. The molecule has 0 fully saturated rings. The number of furan rings is 1. The Morgan fingerprint density at radius 1 is 1.10 bits per heavy atom. The van der Waals surface area contributed by atoms with Gasteiger partial charge in [-0.3, -0.25) is 9.59 Å². The Morgan fingerprint density at radius 2 is 1.88 bits per heavy atom. The number of hydrogen-bond donors (Lipinski definition) is 1. The lowest BCUT2D eigenvalue weighted by Crippen LogP contribution is -2.34. The SMILES string of the molecule is C=CCOc1ccc(C2C(C(=O)c3cc4cccc(OC)c4o3)=C(O)C(=O)N2CCCN(CC)CC)cc1OCC. The van der Waals surface area contributed by atoms with Crippen molar-refractivity contribution < 1.29 is 33.3 Å². The lowest BCUT2D eigenvalue weighted by molar-refractivity contribution is -0.129. The second kappa shape index (κ2) is 13.4. The topological polar surface area (TPSA) is 102 Å². The number of methoxy groups -OCH3 is 1. The molecule has 1 atom stereocenters. The van der Waals surface area contributed by atoms with Crippen LogP contribution >= 0.6 is 0 Å². The third-order valence-electron chi connectivity index (χ3n) is 7.21. The number of aliphatic hydroxyl groups is 1. The summed E-state index contributed by atoms with van der Waals surface area (Å²) in [6, 6.07) is 11.4. The molecule has 0 radical (unpaired) electrons. The maximum absolute atomic E-state index is 14.0. The zero-order chi connectivity index (χ0) is 29.5. The number of carbonyl (C=O) groups excluding carboxylic acids is 2. The fourth-order valence-electron chi connectivity index (χ4n) is 5.14. The van der Waals surface area contributed by atoms with Gasteiger partial charge in [-0.1, -0.05) is 44.7 Å². The van der Waals surface area contributed by atoms with Crippen molar-refractivity contribution in [2.75, 3.05) is 46.5 Å². The molecule has 1 aromatic heterocycles. The summed E-state index contributed by atoms with van der Waals surface area (Å²) in [7, 11) is 1.52. The molecule has 0 aliphatic carbocycles. The van der Waals surface area contributed by atoms with Gasteiger partial charge in [-0.05, 0) is 62.8 Å². The summed E-state index contributed by atoms with van der Waals surface area (Å²) in [5.74, 6) is -0.294. The van der Waals surface area contributed by atoms with Gasteiger partial charge in [0, 0.05) is 11.9 Å². The molecular weight excluding hydrogens is 524 g/mol. The van der Waals surface area contributed by atoms with E-state index in [1.807, 2.05) is 6.92 Å². The van der Waals surface area contributed by atoms with Crippen molar-refractivity contribution in [3.05, 3.63) is 77.8 Å². The van der Waals surface area contributed by atoms with Gasteiger partial charge in [0.2, 0.25) is 5.78 Å². The number of benzene rings is 2. The molecule has 2 heterocycles. The molecule has 0 saturated heterocycles. The number of amides is 1. The summed E-state index contributed by atoms with van der Waals surface area (Å²) in [4.78, 5) is 31.3. The van der Waals surface area contributed by atoms with Crippen molar-refractivity contribution in [2.45, 2.75) is 33.2 Å². The van der Waals surface area contributed by atoms with Crippen LogP contribution in [0, 0.1) is 0 Å². The van der Waals surface area contributed by atoms with E-state index in [-0.39, 0.29) is 11.3 Å². The third-order valence-corrected chi connectivity index (χ3v) is 7.21. The van der Waals surface area contributed by atoms with Crippen LogP contribution in [0.4, 0.5) is 0 Å². The van der Waals surface area contributed by atoms with E-state index in [4.69, 9.17) is 18.6 Å². The maximum atomic E-state index is 14.0. The molecule has 4 rings (SSSR count). The van der Waals surface area contributed by atoms with Gasteiger partial charge in [0.15, 0.2) is 34.4 Å². The van der Waals surface area contributed by atoms with Crippen LogP contribution in [0.2, 0.25) is 0 Å². The molecule has 3 aromatic rings. The van der Waals surface area contributed by atoms with Crippen molar-refractivity contribution in [1.82, 2.24) is 9.80 Å². The first-order chi connectivity index (χ1) is 19.9. The highest BCUT2D eigenvalue weighted by molar-refractivity contribution is 6.16. The molecule has 9 nitrogen and oxygen atoms in total. The number of ketones is 1. The predicted molar refractivity (Wildman–Crippen MR) is 157 cm³/mol. The van der Waals surface area contributed by atoms with Gasteiger partial charge in [0.1, 0.15) is 6.61 Å². The minimum Gasteiger partial charge on any atom is -0.503 e. The minimum absolute atomic E-state index is 0.00445. The number of hydrogen-bond acceptors (Lipinski definition) is 8. The molecule has 0 spiro atoms. The lowest BCUT2D eigenvalue weighted by Gasteiger charge is -2.28. The normalized spacial score (nSPS) is 15.2. The zero-order valence-corrected chi connectivity index (χ0v) is 24.1. The quantitative estimate of drug-likeness (QED) is 0.186. The molecule has 1 amide bonds. The Hall–Kier alpha value is -4.24. The van der Waals surface area contributed by atoms with E-state index in [2.05, 4.69) is 25.3 Å². The van der Waals surface area contributed by atoms with Crippen molar-refractivity contribution >= 4 is 22.7 Å². The number of fused-ring (bicyclic) bond motifs is 1. The first-order valence-corrected chi connectivity index (χ1v) is 14.0. The fraction of sp³-hybridized carbons (Fsp3) is 0.375. The number of Topliss-reactive ketones (excluding diaryl/α,β-unsaturated/α-hetero) is 1. The van der Waals surface area contributed by atoms with Gasteiger partial charge >= 0.3 is 0 Å². The molecule has 1 aliphatic rings. The Morgan fingerprint density at radius 3 is 2.56 bits per heavy atom. The van der Waals surface area contributed by atoms with Gasteiger partial charge in [-0.2, -0.15) is 0 Å². The highest BCUT2D eigenvalue weighted by atomic mass is 16.5. The largest absolute Gasteiger partial charge is 0.503 e. The minimum atomic E-state index is -0.852. The van der Waals surface area contributed by atoms with Crippen molar-refractivity contribution in [1.29, 1.82) is 0 Å². The fourth-order valence-corrected chi connectivity index (χ4v) is 5.14.